The summed E-state index contributed by atoms with van der Waals surface area (Å²) < 4.78 is 24.3. The summed E-state index contributed by atoms with van der Waals surface area (Å²) in [5.74, 6) is 0.514. The highest BCUT2D eigenvalue weighted by molar-refractivity contribution is 7.18. The molecule has 0 saturated heterocycles. The highest BCUT2D eigenvalue weighted by Crippen LogP contribution is 2.26. The van der Waals surface area contributed by atoms with Gasteiger partial charge in [0, 0.05) is 0 Å². The van der Waals surface area contributed by atoms with Crippen molar-refractivity contribution in [3.8, 4) is 0 Å². The normalized spacial score (nSPS) is 11.5. The predicted molar refractivity (Wildman–Crippen MR) is 54.7 cm³/mol. The van der Waals surface area contributed by atoms with Crippen molar-refractivity contribution >= 4 is 33.3 Å². The van der Waals surface area contributed by atoms with Gasteiger partial charge in [-0.3, -0.25) is 0 Å². The first-order chi connectivity index (χ1) is 7.06. The molecule has 2 aromatic rings. The third kappa shape index (κ3) is 2.21. The fraction of sp³-hybridized carbons (Fsp3) is 0.375. The number of rotatable bonds is 2. The van der Waals surface area contributed by atoms with Gasteiger partial charge in [0.1, 0.15) is 21.2 Å². The molecule has 0 fully saturated rings. The average Bonchev–Trinajstić information content (AvgIpc) is 2.45. The summed E-state index contributed by atoms with van der Waals surface area (Å²) >= 11 is 6.95. The van der Waals surface area contributed by atoms with Gasteiger partial charge in [-0.05, 0) is 6.92 Å². The monoisotopic (exact) mass is 249 g/mol. The van der Waals surface area contributed by atoms with Crippen LogP contribution >= 0.6 is 22.9 Å². The second kappa shape index (κ2) is 3.94. The highest BCUT2D eigenvalue weighted by Gasteiger charge is 2.13. The quantitative estimate of drug-likeness (QED) is 0.769. The van der Waals surface area contributed by atoms with Crippen LogP contribution in [0.3, 0.4) is 0 Å². The molecule has 80 valence electrons. The van der Waals surface area contributed by atoms with E-state index in [4.69, 9.17) is 11.6 Å². The van der Waals surface area contributed by atoms with Crippen molar-refractivity contribution in [3.63, 3.8) is 0 Å². The molecule has 0 radical (unpaired) electrons. The van der Waals surface area contributed by atoms with Gasteiger partial charge in [-0.25, -0.2) is 23.7 Å². The van der Waals surface area contributed by atoms with E-state index in [1.165, 1.54) is 0 Å². The van der Waals surface area contributed by atoms with Crippen LogP contribution in [0.2, 0.25) is 5.15 Å². The number of thiazole rings is 1. The van der Waals surface area contributed by atoms with E-state index in [0.717, 1.165) is 11.3 Å². The van der Waals surface area contributed by atoms with Crippen LogP contribution in [0.15, 0.2) is 0 Å². The summed E-state index contributed by atoms with van der Waals surface area (Å²) in [6, 6.07) is 0. The van der Waals surface area contributed by atoms with E-state index < -0.39 is 6.43 Å². The van der Waals surface area contributed by atoms with Crippen LogP contribution in [0, 0.1) is 6.92 Å². The van der Waals surface area contributed by atoms with E-state index >= 15 is 0 Å². The number of aromatic nitrogens is 3. The van der Waals surface area contributed by atoms with Crippen LogP contribution in [0.1, 0.15) is 10.8 Å². The number of nitrogens with zero attached hydrogens (tertiary/aromatic N) is 3. The number of fused-ring (bicyclic) bond motifs is 1. The zero-order chi connectivity index (χ0) is 11.0. The Morgan fingerprint density at radius 1 is 1.33 bits per heavy atom. The lowest BCUT2D eigenvalue weighted by molar-refractivity contribution is 0.149. The van der Waals surface area contributed by atoms with Gasteiger partial charge in [-0.15, -0.1) is 0 Å². The summed E-state index contributed by atoms with van der Waals surface area (Å²) in [7, 11) is 0. The Kier molecular flexibility index (Phi) is 2.79. The minimum atomic E-state index is -2.40. The second-order valence-corrected chi connectivity index (χ2v) is 4.34. The van der Waals surface area contributed by atoms with Crippen molar-refractivity contribution in [1.29, 1.82) is 0 Å². The fourth-order valence-corrected chi connectivity index (χ4v) is 2.45. The van der Waals surface area contributed by atoms with Crippen molar-refractivity contribution in [2.45, 2.75) is 19.8 Å². The van der Waals surface area contributed by atoms with E-state index in [0.29, 0.717) is 21.2 Å². The minimum Gasteiger partial charge on any atom is -0.236 e. The van der Waals surface area contributed by atoms with Gasteiger partial charge in [0.05, 0.1) is 6.42 Å². The first kappa shape index (κ1) is 10.6. The second-order valence-electron chi connectivity index (χ2n) is 2.92. The standard InChI is InChI=1S/C8H6ClF2N3S/c1-3-12-7(9)6-8(13-3)15-5(14-6)2-4(10)11/h4H,2H2,1H3. The van der Waals surface area contributed by atoms with Crippen molar-refractivity contribution < 1.29 is 8.78 Å². The van der Waals surface area contributed by atoms with E-state index in [-0.39, 0.29) is 11.6 Å². The lowest BCUT2D eigenvalue weighted by Crippen LogP contribution is -1.95. The average molecular weight is 250 g/mol. The molecule has 0 unspecified atom stereocenters. The van der Waals surface area contributed by atoms with E-state index in [1.54, 1.807) is 6.92 Å². The SMILES string of the molecule is Cc1nc(Cl)c2nc(CC(F)F)sc2n1. The molecule has 0 spiro atoms. The molecule has 2 aromatic heterocycles. The largest absolute Gasteiger partial charge is 0.244 e. The molecule has 0 aliphatic rings. The molecule has 0 aliphatic carbocycles. The van der Waals surface area contributed by atoms with Crippen molar-refractivity contribution in [2.75, 3.05) is 0 Å². The first-order valence-corrected chi connectivity index (χ1v) is 5.33. The Morgan fingerprint density at radius 2 is 2.07 bits per heavy atom. The summed E-state index contributed by atoms with van der Waals surface area (Å²) in [5.41, 5.74) is 0.405. The van der Waals surface area contributed by atoms with Gasteiger partial charge in [-0.2, -0.15) is 0 Å². The number of hydrogen-bond donors (Lipinski definition) is 0. The molecule has 7 heteroatoms. The summed E-state index contributed by atoms with van der Waals surface area (Å²) in [4.78, 5) is 12.5. The van der Waals surface area contributed by atoms with Gasteiger partial charge >= 0.3 is 0 Å². The Bertz CT molecular complexity index is 500. The highest BCUT2D eigenvalue weighted by atomic mass is 35.5. The van der Waals surface area contributed by atoms with Gasteiger partial charge in [-0.1, -0.05) is 22.9 Å². The smallest absolute Gasteiger partial charge is 0.236 e. The maximum atomic E-state index is 12.1. The summed E-state index contributed by atoms with van der Waals surface area (Å²) in [6.07, 6.45) is -2.77. The van der Waals surface area contributed by atoms with E-state index in [1.807, 2.05) is 0 Å². The van der Waals surface area contributed by atoms with E-state index in [2.05, 4.69) is 15.0 Å². The lowest BCUT2D eigenvalue weighted by Gasteiger charge is -1.92. The molecule has 2 rings (SSSR count). The van der Waals surface area contributed by atoms with Crippen LogP contribution in [0.25, 0.3) is 10.3 Å². The third-order valence-electron chi connectivity index (χ3n) is 1.70. The summed E-state index contributed by atoms with van der Waals surface area (Å²) in [5, 5.41) is 0.552. The number of hydrogen-bond acceptors (Lipinski definition) is 4. The van der Waals surface area contributed by atoms with Crippen LogP contribution in [-0.4, -0.2) is 21.4 Å². The number of alkyl halides is 2. The molecule has 3 nitrogen and oxygen atoms in total. The molecule has 0 N–H and O–H groups in total. The Hall–Kier alpha value is -0.880. The Morgan fingerprint density at radius 3 is 2.73 bits per heavy atom. The van der Waals surface area contributed by atoms with Crippen LogP contribution in [0.5, 0.6) is 0 Å². The van der Waals surface area contributed by atoms with Gasteiger partial charge < -0.3 is 0 Å². The molecule has 0 amide bonds. The zero-order valence-electron chi connectivity index (χ0n) is 7.67. The Labute approximate surface area is 93.1 Å². The summed E-state index contributed by atoms with van der Waals surface area (Å²) in [6.45, 7) is 1.69. The molecule has 15 heavy (non-hydrogen) atoms. The van der Waals surface area contributed by atoms with Gasteiger partial charge in [0.15, 0.2) is 5.15 Å². The van der Waals surface area contributed by atoms with Crippen molar-refractivity contribution in [3.05, 3.63) is 16.0 Å². The molecular formula is C8H6ClF2N3S. The first-order valence-electron chi connectivity index (χ1n) is 4.14. The number of halogens is 3. The van der Waals surface area contributed by atoms with Gasteiger partial charge in [0.2, 0.25) is 6.43 Å². The topological polar surface area (TPSA) is 38.7 Å². The van der Waals surface area contributed by atoms with Crippen molar-refractivity contribution in [1.82, 2.24) is 15.0 Å². The minimum absolute atomic E-state index is 0.217. The van der Waals surface area contributed by atoms with E-state index in [9.17, 15) is 8.78 Å². The molecule has 0 aliphatic heterocycles. The zero-order valence-corrected chi connectivity index (χ0v) is 9.24. The maximum Gasteiger partial charge on any atom is 0.244 e. The van der Waals surface area contributed by atoms with Crippen LogP contribution in [-0.2, 0) is 6.42 Å². The molecule has 0 bridgehead atoms. The van der Waals surface area contributed by atoms with Gasteiger partial charge in [0.25, 0.3) is 0 Å². The number of aryl methyl sites for hydroxylation is 1. The third-order valence-corrected chi connectivity index (χ3v) is 2.94. The van der Waals surface area contributed by atoms with Crippen LogP contribution < -0.4 is 0 Å². The fourth-order valence-electron chi connectivity index (χ4n) is 1.15. The van der Waals surface area contributed by atoms with Crippen LogP contribution in [0.4, 0.5) is 8.78 Å². The van der Waals surface area contributed by atoms with Crippen molar-refractivity contribution in [2.24, 2.45) is 0 Å². The molecule has 0 atom stereocenters. The lowest BCUT2D eigenvalue weighted by atomic mass is 10.5. The Balaban J connectivity index is 2.50. The molecule has 0 aromatic carbocycles. The predicted octanol–water partition coefficient (Wildman–Crippen LogP) is 2.86. The molecule has 2 heterocycles. The molecule has 0 saturated carbocycles. The maximum absolute atomic E-state index is 12.1. The molecular weight excluding hydrogens is 244 g/mol.